The SMILES string of the molecule is Cc1cc[n+](CCc2ccccn2)cc1. The molecule has 2 nitrogen and oxygen atoms in total. The van der Waals surface area contributed by atoms with E-state index in [0.717, 1.165) is 18.7 Å². The van der Waals surface area contributed by atoms with E-state index in [2.05, 4.69) is 47.1 Å². The van der Waals surface area contributed by atoms with Crippen LogP contribution < -0.4 is 4.57 Å². The van der Waals surface area contributed by atoms with Gasteiger partial charge in [0.25, 0.3) is 0 Å². The van der Waals surface area contributed by atoms with Crippen LogP contribution in [0, 0.1) is 6.92 Å². The zero-order valence-electron chi connectivity index (χ0n) is 8.93. The quantitative estimate of drug-likeness (QED) is 0.690. The van der Waals surface area contributed by atoms with E-state index in [1.807, 2.05) is 18.3 Å². The third kappa shape index (κ3) is 2.88. The van der Waals surface area contributed by atoms with Crippen molar-refractivity contribution in [2.75, 3.05) is 0 Å². The number of rotatable bonds is 3. The second-order valence-corrected chi connectivity index (χ2v) is 3.68. The van der Waals surface area contributed by atoms with Crippen molar-refractivity contribution >= 4 is 0 Å². The summed E-state index contributed by atoms with van der Waals surface area (Å²) in [6, 6.07) is 10.3. The lowest BCUT2D eigenvalue weighted by molar-refractivity contribution is -0.696. The van der Waals surface area contributed by atoms with Gasteiger partial charge in [0.05, 0.1) is 0 Å². The third-order valence-electron chi connectivity index (χ3n) is 2.41. The summed E-state index contributed by atoms with van der Waals surface area (Å²) in [4.78, 5) is 4.30. The fourth-order valence-electron chi connectivity index (χ4n) is 1.47. The van der Waals surface area contributed by atoms with Crippen LogP contribution in [0.25, 0.3) is 0 Å². The van der Waals surface area contributed by atoms with Gasteiger partial charge in [-0.15, -0.1) is 0 Å². The molecular weight excluding hydrogens is 184 g/mol. The molecule has 0 aliphatic rings. The van der Waals surface area contributed by atoms with Crippen LogP contribution in [0.4, 0.5) is 0 Å². The van der Waals surface area contributed by atoms with Crippen molar-refractivity contribution in [3.63, 3.8) is 0 Å². The van der Waals surface area contributed by atoms with Gasteiger partial charge < -0.3 is 0 Å². The Hall–Kier alpha value is -1.70. The maximum Gasteiger partial charge on any atom is 0.169 e. The number of hydrogen-bond donors (Lipinski definition) is 0. The Balaban J connectivity index is 1.96. The molecule has 76 valence electrons. The highest BCUT2D eigenvalue weighted by molar-refractivity contribution is 5.04. The number of aryl methyl sites for hydroxylation is 3. The van der Waals surface area contributed by atoms with Gasteiger partial charge in [0.15, 0.2) is 18.9 Å². The first-order valence-electron chi connectivity index (χ1n) is 5.20. The van der Waals surface area contributed by atoms with Gasteiger partial charge in [-0.25, -0.2) is 4.57 Å². The number of aromatic nitrogens is 2. The molecule has 0 aliphatic carbocycles. The van der Waals surface area contributed by atoms with Crippen molar-refractivity contribution < 1.29 is 4.57 Å². The molecule has 0 N–H and O–H groups in total. The molecule has 2 rings (SSSR count). The molecular formula is C13H15N2+. The molecule has 0 fully saturated rings. The van der Waals surface area contributed by atoms with E-state index in [4.69, 9.17) is 0 Å². The molecule has 0 amide bonds. The van der Waals surface area contributed by atoms with E-state index in [0.29, 0.717) is 0 Å². The summed E-state index contributed by atoms with van der Waals surface area (Å²) < 4.78 is 2.18. The summed E-state index contributed by atoms with van der Waals surface area (Å²) >= 11 is 0. The molecule has 2 heterocycles. The monoisotopic (exact) mass is 199 g/mol. The Labute approximate surface area is 90.2 Å². The number of nitrogens with zero attached hydrogens (tertiary/aromatic N) is 2. The van der Waals surface area contributed by atoms with Gasteiger partial charge in [0, 0.05) is 30.4 Å². The predicted molar refractivity (Wildman–Crippen MR) is 59.3 cm³/mol. The molecule has 2 heteroatoms. The maximum absolute atomic E-state index is 4.30. The van der Waals surface area contributed by atoms with E-state index in [9.17, 15) is 0 Å². The van der Waals surface area contributed by atoms with Gasteiger partial charge >= 0.3 is 0 Å². The molecule has 15 heavy (non-hydrogen) atoms. The van der Waals surface area contributed by atoms with Gasteiger partial charge in [0.1, 0.15) is 0 Å². The topological polar surface area (TPSA) is 16.8 Å². The number of pyridine rings is 2. The molecule has 0 atom stereocenters. The average molecular weight is 199 g/mol. The standard InChI is InChI=1S/C13H15N2/c1-12-5-9-15(10-6-12)11-7-13-4-2-3-8-14-13/h2-6,8-10H,7,11H2,1H3/q+1. The van der Waals surface area contributed by atoms with Crippen LogP contribution >= 0.6 is 0 Å². The smallest absolute Gasteiger partial charge is 0.169 e. The molecule has 0 aromatic carbocycles. The van der Waals surface area contributed by atoms with Crippen molar-refractivity contribution in [2.45, 2.75) is 19.9 Å². The highest BCUT2D eigenvalue weighted by atomic mass is 14.9. The summed E-state index contributed by atoms with van der Waals surface area (Å²) in [5.74, 6) is 0. The summed E-state index contributed by atoms with van der Waals surface area (Å²) in [6.45, 7) is 3.08. The minimum atomic E-state index is 0.981. The van der Waals surface area contributed by atoms with Crippen LogP contribution in [-0.2, 0) is 13.0 Å². The van der Waals surface area contributed by atoms with E-state index < -0.39 is 0 Å². The van der Waals surface area contributed by atoms with Gasteiger partial charge in [-0.3, -0.25) is 4.98 Å². The summed E-state index contributed by atoms with van der Waals surface area (Å²) in [5.41, 5.74) is 2.44. The molecule has 0 saturated heterocycles. The summed E-state index contributed by atoms with van der Waals surface area (Å²) in [6.07, 6.45) is 7.04. The Morgan fingerprint density at radius 1 is 1.13 bits per heavy atom. The fourth-order valence-corrected chi connectivity index (χ4v) is 1.47. The second kappa shape index (κ2) is 4.69. The van der Waals surface area contributed by atoms with Crippen LogP contribution in [0.2, 0.25) is 0 Å². The van der Waals surface area contributed by atoms with Crippen LogP contribution in [0.5, 0.6) is 0 Å². The second-order valence-electron chi connectivity index (χ2n) is 3.68. The lowest BCUT2D eigenvalue weighted by Crippen LogP contribution is -2.33. The maximum atomic E-state index is 4.30. The molecule has 0 aliphatic heterocycles. The summed E-state index contributed by atoms with van der Waals surface area (Å²) in [5, 5.41) is 0. The Kier molecular flexibility index (Phi) is 3.08. The Morgan fingerprint density at radius 3 is 2.60 bits per heavy atom. The van der Waals surface area contributed by atoms with Crippen LogP contribution in [0.3, 0.4) is 0 Å². The third-order valence-corrected chi connectivity index (χ3v) is 2.41. The molecule has 0 bridgehead atoms. The lowest BCUT2D eigenvalue weighted by Gasteiger charge is -1.97. The van der Waals surface area contributed by atoms with E-state index >= 15 is 0 Å². The van der Waals surface area contributed by atoms with E-state index in [1.165, 1.54) is 5.56 Å². The van der Waals surface area contributed by atoms with Gasteiger partial charge in [-0.1, -0.05) is 6.07 Å². The van der Waals surface area contributed by atoms with Gasteiger partial charge in [0.2, 0.25) is 0 Å². The molecule has 0 saturated carbocycles. The predicted octanol–water partition coefficient (Wildman–Crippen LogP) is 1.92. The molecule has 2 aromatic heterocycles. The van der Waals surface area contributed by atoms with Crippen molar-refractivity contribution in [3.8, 4) is 0 Å². The first-order chi connectivity index (χ1) is 7.34. The largest absolute Gasteiger partial charge is 0.261 e. The van der Waals surface area contributed by atoms with Crippen molar-refractivity contribution in [3.05, 3.63) is 60.2 Å². The zero-order chi connectivity index (χ0) is 10.5. The van der Waals surface area contributed by atoms with Crippen molar-refractivity contribution in [1.29, 1.82) is 0 Å². The van der Waals surface area contributed by atoms with E-state index in [-0.39, 0.29) is 0 Å². The summed E-state index contributed by atoms with van der Waals surface area (Å²) in [7, 11) is 0. The number of hydrogen-bond acceptors (Lipinski definition) is 1. The highest BCUT2D eigenvalue weighted by Crippen LogP contribution is 1.95. The Bertz CT molecular complexity index is 406. The first kappa shape index (κ1) is 9.84. The van der Waals surface area contributed by atoms with Crippen molar-refractivity contribution in [1.82, 2.24) is 4.98 Å². The minimum absolute atomic E-state index is 0.981. The molecule has 2 aromatic rings. The average Bonchev–Trinajstić information content (AvgIpc) is 2.30. The van der Waals surface area contributed by atoms with Gasteiger partial charge in [-0.05, 0) is 24.6 Å². The van der Waals surface area contributed by atoms with E-state index in [1.54, 1.807) is 0 Å². The lowest BCUT2D eigenvalue weighted by atomic mass is 10.2. The Morgan fingerprint density at radius 2 is 1.93 bits per heavy atom. The van der Waals surface area contributed by atoms with Crippen molar-refractivity contribution in [2.24, 2.45) is 0 Å². The molecule has 0 spiro atoms. The normalized spacial score (nSPS) is 10.2. The van der Waals surface area contributed by atoms with Crippen LogP contribution in [-0.4, -0.2) is 4.98 Å². The minimum Gasteiger partial charge on any atom is -0.261 e. The van der Waals surface area contributed by atoms with Crippen LogP contribution in [0.1, 0.15) is 11.3 Å². The zero-order valence-corrected chi connectivity index (χ0v) is 8.93. The van der Waals surface area contributed by atoms with Crippen LogP contribution in [0.15, 0.2) is 48.9 Å². The van der Waals surface area contributed by atoms with Gasteiger partial charge in [-0.2, -0.15) is 0 Å². The fraction of sp³-hybridized carbons (Fsp3) is 0.231. The molecule has 0 radical (unpaired) electrons. The molecule has 0 unspecified atom stereocenters. The highest BCUT2D eigenvalue weighted by Gasteiger charge is 2.00. The first-order valence-corrected chi connectivity index (χ1v) is 5.20.